The van der Waals surface area contributed by atoms with E-state index in [9.17, 15) is 9.59 Å². The number of methoxy groups -OCH3 is 3. The van der Waals surface area contributed by atoms with Gasteiger partial charge in [0.1, 0.15) is 11.5 Å². The molecule has 0 aliphatic heterocycles. The van der Waals surface area contributed by atoms with Gasteiger partial charge in [-0.1, -0.05) is 18.2 Å². The number of rotatable bonds is 7. The van der Waals surface area contributed by atoms with Crippen molar-refractivity contribution >= 4 is 17.6 Å². The highest BCUT2D eigenvalue weighted by molar-refractivity contribution is 6.04. The van der Waals surface area contributed by atoms with Crippen molar-refractivity contribution in [1.82, 2.24) is 9.78 Å². The molecule has 0 fully saturated rings. The highest BCUT2D eigenvalue weighted by Crippen LogP contribution is 2.23. The first-order chi connectivity index (χ1) is 14.0. The summed E-state index contributed by atoms with van der Waals surface area (Å²) in [6.45, 7) is 0.355. The molecule has 0 bridgehead atoms. The van der Waals surface area contributed by atoms with E-state index in [4.69, 9.17) is 14.2 Å². The number of aromatic nitrogens is 2. The summed E-state index contributed by atoms with van der Waals surface area (Å²) in [5.74, 6) is 0.305. The topological polar surface area (TPSA) is 91.7 Å². The summed E-state index contributed by atoms with van der Waals surface area (Å²) in [7, 11) is 4.38. The number of nitrogens with zero attached hydrogens (tertiary/aromatic N) is 2. The Kier molecular flexibility index (Phi) is 6.13. The lowest BCUT2D eigenvalue weighted by Gasteiger charge is -2.08. The minimum absolute atomic E-state index is 0.322. The normalized spacial score (nSPS) is 10.3. The van der Waals surface area contributed by atoms with Crippen molar-refractivity contribution in [2.45, 2.75) is 6.54 Å². The Morgan fingerprint density at radius 1 is 1.03 bits per heavy atom. The number of anilines is 1. The van der Waals surface area contributed by atoms with Gasteiger partial charge in [0.25, 0.3) is 5.91 Å². The zero-order valence-electron chi connectivity index (χ0n) is 16.3. The van der Waals surface area contributed by atoms with E-state index in [1.807, 2.05) is 12.1 Å². The third kappa shape index (κ3) is 4.73. The molecule has 3 rings (SSSR count). The molecule has 29 heavy (non-hydrogen) atoms. The van der Waals surface area contributed by atoms with E-state index in [1.165, 1.54) is 27.5 Å². The van der Waals surface area contributed by atoms with Gasteiger partial charge in [-0.2, -0.15) is 5.10 Å². The van der Waals surface area contributed by atoms with E-state index < -0.39 is 5.97 Å². The van der Waals surface area contributed by atoms with Crippen LogP contribution >= 0.6 is 0 Å². The number of ether oxygens (including phenoxy) is 3. The molecule has 0 saturated heterocycles. The van der Waals surface area contributed by atoms with E-state index >= 15 is 0 Å². The molecule has 1 heterocycles. The minimum Gasteiger partial charge on any atom is -0.497 e. The van der Waals surface area contributed by atoms with Gasteiger partial charge in [0.05, 0.1) is 45.3 Å². The Labute approximate surface area is 168 Å². The first-order valence-corrected chi connectivity index (χ1v) is 8.77. The summed E-state index contributed by atoms with van der Waals surface area (Å²) >= 11 is 0. The molecule has 8 nitrogen and oxygen atoms in total. The monoisotopic (exact) mass is 395 g/mol. The number of esters is 1. The number of benzene rings is 2. The quantitative estimate of drug-likeness (QED) is 0.619. The summed E-state index contributed by atoms with van der Waals surface area (Å²) in [4.78, 5) is 24.5. The number of nitrogens with one attached hydrogen (secondary N) is 1. The Bertz CT molecular complexity index is 1010. The fourth-order valence-corrected chi connectivity index (χ4v) is 2.80. The first-order valence-electron chi connectivity index (χ1n) is 8.77. The molecule has 0 aliphatic rings. The maximum Gasteiger partial charge on any atom is 0.338 e. The molecule has 1 aromatic heterocycles. The Morgan fingerprint density at radius 2 is 1.72 bits per heavy atom. The lowest BCUT2D eigenvalue weighted by atomic mass is 10.1. The molecule has 1 N–H and O–H groups in total. The van der Waals surface area contributed by atoms with Crippen LogP contribution in [0.25, 0.3) is 0 Å². The van der Waals surface area contributed by atoms with Crippen LogP contribution in [-0.2, 0) is 11.3 Å². The van der Waals surface area contributed by atoms with Gasteiger partial charge in [-0.3, -0.25) is 9.48 Å². The molecule has 0 aliphatic carbocycles. The van der Waals surface area contributed by atoms with Gasteiger partial charge in [0.2, 0.25) is 0 Å². The maximum absolute atomic E-state index is 12.6. The predicted molar refractivity (Wildman–Crippen MR) is 107 cm³/mol. The van der Waals surface area contributed by atoms with Crippen LogP contribution in [0.4, 0.5) is 5.69 Å². The number of hydrogen-bond donors (Lipinski definition) is 1. The van der Waals surface area contributed by atoms with Gasteiger partial charge in [0.15, 0.2) is 0 Å². The second kappa shape index (κ2) is 8.92. The number of hydrogen-bond acceptors (Lipinski definition) is 6. The summed E-state index contributed by atoms with van der Waals surface area (Å²) in [6, 6.07) is 12.1. The SMILES string of the molecule is COC(=O)c1ccccc1Cn1cc(NC(=O)c2cc(OC)cc(OC)c2)cn1. The fraction of sp³-hybridized carbons (Fsp3) is 0.190. The molecule has 0 atom stereocenters. The van der Waals surface area contributed by atoms with Crippen LogP contribution in [0.2, 0.25) is 0 Å². The molecule has 1 amide bonds. The van der Waals surface area contributed by atoms with Gasteiger partial charge in [0, 0.05) is 17.8 Å². The van der Waals surface area contributed by atoms with Crippen molar-refractivity contribution in [3.05, 3.63) is 71.5 Å². The lowest BCUT2D eigenvalue weighted by molar-refractivity contribution is 0.0599. The van der Waals surface area contributed by atoms with Gasteiger partial charge < -0.3 is 19.5 Å². The fourth-order valence-electron chi connectivity index (χ4n) is 2.80. The van der Waals surface area contributed by atoms with Gasteiger partial charge in [-0.15, -0.1) is 0 Å². The molecular weight excluding hydrogens is 374 g/mol. The van der Waals surface area contributed by atoms with Crippen LogP contribution < -0.4 is 14.8 Å². The molecule has 150 valence electrons. The summed E-state index contributed by atoms with van der Waals surface area (Å²) < 4.78 is 16.8. The first kappa shape index (κ1) is 19.9. The molecule has 8 heteroatoms. The van der Waals surface area contributed by atoms with Crippen molar-refractivity contribution in [2.75, 3.05) is 26.6 Å². The number of carbonyl (C=O) groups excluding carboxylic acids is 2. The van der Waals surface area contributed by atoms with Crippen molar-refractivity contribution in [2.24, 2.45) is 0 Å². The predicted octanol–water partition coefficient (Wildman–Crippen LogP) is 2.99. The molecular formula is C21H21N3O5. The van der Waals surface area contributed by atoms with Gasteiger partial charge >= 0.3 is 5.97 Å². The summed E-state index contributed by atoms with van der Waals surface area (Å²) in [5.41, 5.74) is 2.15. The zero-order valence-corrected chi connectivity index (χ0v) is 16.3. The molecule has 0 radical (unpaired) electrons. The second-order valence-corrected chi connectivity index (χ2v) is 6.13. The van der Waals surface area contributed by atoms with Crippen LogP contribution in [0, 0.1) is 0 Å². The van der Waals surface area contributed by atoms with Crippen LogP contribution in [0.5, 0.6) is 11.5 Å². The van der Waals surface area contributed by atoms with Crippen molar-refractivity contribution in [1.29, 1.82) is 0 Å². The van der Waals surface area contributed by atoms with Crippen LogP contribution in [0.3, 0.4) is 0 Å². The van der Waals surface area contributed by atoms with E-state index in [0.29, 0.717) is 34.9 Å². The standard InChI is InChI=1S/C21H21N3O5/c1-27-17-8-15(9-18(10-17)28-2)20(25)23-16-11-22-24(13-16)12-14-6-4-5-7-19(14)21(26)29-3/h4-11,13H,12H2,1-3H3,(H,23,25). The molecule has 0 spiro atoms. The molecule has 2 aromatic carbocycles. The zero-order chi connectivity index (χ0) is 20.8. The molecule has 0 unspecified atom stereocenters. The van der Waals surface area contributed by atoms with Crippen molar-refractivity contribution in [3.63, 3.8) is 0 Å². The molecule has 0 saturated carbocycles. The summed E-state index contributed by atoms with van der Waals surface area (Å²) in [5, 5.41) is 7.04. The highest BCUT2D eigenvalue weighted by Gasteiger charge is 2.14. The van der Waals surface area contributed by atoms with Crippen LogP contribution in [0.1, 0.15) is 26.3 Å². The highest BCUT2D eigenvalue weighted by atomic mass is 16.5. The average Bonchev–Trinajstić information content (AvgIpc) is 3.19. The maximum atomic E-state index is 12.6. The summed E-state index contributed by atoms with van der Waals surface area (Å²) in [6.07, 6.45) is 3.22. The van der Waals surface area contributed by atoms with Crippen LogP contribution in [0.15, 0.2) is 54.9 Å². The minimum atomic E-state index is -0.409. The Balaban J connectivity index is 1.75. The van der Waals surface area contributed by atoms with E-state index in [1.54, 1.807) is 41.2 Å². The van der Waals surface area contributed by atoms with Crippen molar-refractivity contribution in [3.8, 4) is 11.5 Å². The molecule has 3 aromatic rings. The van der Waals surface area contributed by atoms with Crippen molar-refractivity contribution < 1.29 is 23.8 Å². The largest absolute Gasteiger partial charge is 0.497 e. The van der Waals surface area contributed by atoms with E-state index in [-0.39, 0.29) is 5.91 Å². The third-order valence-corrected chi connectivity index (χ3v) is 4.26. The van der Waals surface area contributed by atoms with E-state index in [0.717, 1.165) is 5.56 Å². The Hall–Kier alpha value is -3.81. The van der Waals surface area contributed by atoms with Gasteiger partial charge in [-0.25, -0.2) is 4.79 Å². The van der Waals surface area contributed by atoms with Gasteiger partial charge in [-0.05, 0) is 23.8 Å². The average molecular weight is 395 g/mol. The third-order valence-electron chi connectivity index (χ3n) is 4.26. The van der Waals surface area contributed by atoms with Crippen LogP contribution in [-0.4, -0.2) is 43.0 Å². The smallest absolute Gasteiger partial charge is 0.338 e. The number of carbonyl (C=O) groups is 2. The second-order valence-electron chi connectivity index (χ2n) is 6.13. The Morgan fingerprint density at radius 3 is 2.38 bits per heavy atom. The van der Waals surface area contributed by atoms with E-state index in [2.05, 4.69) is 10.4 Å². The number of amides is 1. The lowest BCUT2D eigenvalue weighted by Crippen LogP contribution is -2.12.